The molecule has 1 aliphatic heterocycles. The number of hydrogen-bond donors (Lipinski definition) is 0. The summed E-state index contributed by atoms with van der Waals surface area (Å²) in [5, 5.41) is 0. The van der Waals surface area contributed by atoms with E-state index in [1.165, 1.54) is 6.08 Å². The molecule has 1 aliphatic rings. The van der Waals surface area contributed by atoms with Gasteiger partial charge >= 0.3 is 5.97 Å². The van der Waals surface area contributed by atoms with Gasteiger partial charge in [-0.15, -0.1) is 0 Å². The average molecular weight is 242 g/mol. The smallest absolute Gasteiger partial charge is 0.313 e. The average Bonchev–Trinajstić information content (AvgIpc) is 2.55. The van der Waals surface area contributed by atoms with Crippen LogP contribution in [0.2, 0.25) is 0 Å². The highest BCUT2D eigenvalue weighted by molar-refractivity contribution is 6.01. The van der Waals surface area contributed by atoms with E-state index in [1.54, 1.807) is 26.8 Å². The van der Waals surface area contributed by atoms with Crippen LogP contribution < -0.4 is 0 Å². The molecule has 0 aromatic carbocycles. The summed E-state index contributed by atoms with van der Waals surface area (Å²) in [6.07, 6.45) is 2.47. The zero-order valence-corrected chi connectivity index (χ0v) is 10.4. The van der Waals surface area contributed by atoms with E-state index in [0.29, 0.717) is 6.61 Å². The molecule has 0 amide bonds. The van der Waals surface area contributed by atoms with Gasteiger partial charge in [0.05, 0.1) is 13.2 Å². The second kappa shape index (κ2) is 5.93. The molecule has 1 saturated heterocycles. The van der Waals surface area contributed by atoms with E-state index in [9.17, 15) is 9.59 Å². The van der Waals surface area contributed by atoms with Gasteiger partial charge in [0.15, 0.2) is 11.6 Å². The first kappa shape index (κ1) is 13.9. The third kappa shape index (κ3) is 5.10. The Morgan fingerprint density at radius 3 is 2.71 bits per heavy atom. The monoisotopic (exact) mass is 242 g/mol. The molecule has 0 unspecified atom stereocenters. The van der Waals surface area contributed by atoms with Gasteiger partial charge in [-0.25, -0.2) is 0 Å². The van der Waals surface area contributed by atoms with Gasteiger partial charge in [0.2, 0.25) is 0 Å². The van der Waals surface area contributed by atoms with Crippen LogP contribution in [-0.2, 0) is 23.8 Å². The van der Waals surface area contributed by atoms with Gasteiger partial charge in [-0.3, -0.25) is 9.59 Å². The van der Waals surface area contributed by atoms with E-state index in [2.05, 4.69) is 4.74 Å². The van der Waals surface area contributed by atoms with Crippen molar-refractivity contribution in [3.63, 3.8) is 0 Å². The molecule has 1 atom stereocenters. The van der Waals surface area contributed by atoms with Crippen LogP contribution in [-0.4, -0.2) is 36.9 Å². The normalized spacial score (nSPS) is 22.9. The number of ether oxygens (including phenoxy) is 3. The third-order valence-electron chi connectivity index (χ3n) is 2.15. The topological polar surface area (TPSA) is 61.8 Å². The quantitative estimate of drug-likeness (QED) is 0.412. The molecular weight excluding hydrogens is 224 g/mol. The summed E-state index contributed by atoms with van der Waals surface area (Å²) < 4.78 is 15.5. The molecule has 17 heavy (non-hydrogen) atoms. The van der Waals surface area contributed by atoms with Crippen molar-refractivity contribution < 1.29 is 23.8 Å². The lowest BCUT2D eigenvalue weighted by Gasteiger charge is -2.15. The van der Waals surface area contributed by atoms with Gasteiger partial charge in [-0.1, -0.05) is 0 Å². The van der Waals surface area contributed by atoms with Crippen LogP contribution in [0.5, 0.6) is 0 Å². The molecule has 5 heteroatoms. The molecule has 0 aromatic heterocycles. The van der Waals surface area contributed by atoms with Crippen molar-refractivity contribution in [2.45, 2.75) is 39.1 Å². The third-order valence-corrected chi connectivity index (χ3v) is 2.15. The van der Waals surface area contributed by atoms with E-state index in [0.717, 1.165) is 0 Å². The SMILES string of the molecule is CCOC(=O)CC(=O)/C=C/[C@H]1COC(C)(C)O1. The van der Waals surface area contributed by atoms with E-state index in [4.69, 9.17) is 9.47 Å². The summed E-state index contributed by atoms with van der Waals surface area (Å²) >= 11 is 0. The fourth-order valence-electron chi connectivity index (χ4n) is 1.44. The molecule has 96 valence electrons. The Kier molecular flexibility index (Phi) is 4.84. The van der Waals surface area contributed by atoms with Gasteiger partial charge in [0.1, 0.15) is 12.5 Å². The zero-order valence-electron chi connectivity index (χ0n) is 10.4. The van der Waals surface area contributed by atoms with Crippen LogP contribution in [0.25, 0.3) is 0 Å². The first-order valence-electron chi connectivity index (χ1n) is 5.61. The number of allylic oxidation sites excluding steroid dienone is 1. The first-order chi connectivity index (χ1) is 7.93. The summed E-state index contributed by atoms with van der Waals surface area (Å²) in [5.41, 5.74) is 0. The van der Waals surface area contributed by atoms with Gasteiger partial charge in [-0.2, -0.15) is 0 Å². The van der Waals surface area contributed by atoms with E-state index in [-0.39, 0.29) is 24.9 Å². The minimum Gasteiger partial charge on any atom is -0.466 e. The first-order valence-corrected chi connectivity index (χ1v) is 5.61. The second-order valence-electron chi connectivity index (χ2n) is 4.17. The van der Waals surface area contributed by atoms with Crippen LogP contribution in [0, 0.1) is 0 Å². The molecule has 5 nitrogen and oxygen atoms in total. The zero-order chi connectivity index (χ0) is 12.9. The second-order valence-corrected chi connectivity index (χ2v) is 4.17. The number of carbonyl (C=O) groups excluding carboxylic acids is 2. The molecule has 1 rings (SSSR count). The molecule has 0 N–H and O–H groups in total. The summed E-state index contributed by atoms with van der Waals surface area (Å²) in [5.74, 6) is -1.41. The Labute approximate surface area is 101 Å². The largest absolute Gasteiger partial charge is 0.466 e. The molecule has 0 saturated carbocycles. The van der Waals surface area contributed by atoms with Crippen molar-refractivity contribution in [3.05, 3.63) is 12.2 Å². The van der Waals surface area contributed by atoms with Crippen LogP contribution in [0.15, 0.2) is 12.2 Å². The van der Waals surface area contributed by atoms with Gasteiger partial charge in [-0.05, 0) is 32.9 Å². The fraction of sp³-hybridized carbons (Fsp3) is 0.667. The molecule has 0 aliphatic carbocycles. The molecule has 0 spiro atoms. The predicted molar refractivity (Wildman–Crippen MR) is 60.3 cm³/mol. The number of hydrogen-bond acceptors (Lipinski definition) is 5. The van der Waals surface area contributed by atoms with Crippen molar-refractivity contribution in [1.29, 1.82) is 0 Å². The Bertz CT molecular complexity index is 319. The maximum Gasteiger partial charge on any atom is 0.313 e. The van der Waals surface area contributed by atoms with Crippen LogP contribution in [0.1, 0.15) is 27.2 Å². The highest BCUT2D eigenvalue weighted by Crippen LogP contribution is 2.22. The molecular formula is C12H18O5. The highest BCUT2D eigenvalue weighted by Gasteiger charge is 2.31. The minimum absolute atomic E-state index is 0.235. The number of carbonyl (C=O) groups is 2. The predicted octanol–water partition coefficient (Wildman–Crippen LogP) is 1.22. The summed E-state index contributed by atoms with van der Waals surface area (Å²) in [7, 11) is 0. The lowest BCUT2D eigenvalue weighted by atomic mass is 10.2. The van der Waals surface area contributed by atoms with Crippen LogP contribution in [0.4, 0.5) is 0 Å². The van der Waals surface area contributed by atoms with Crippen LogP contribution in [0.3, 0.4) is 0 Å². The molecule has 0 radical (unpaired) electrons. The summed E-state index contributed by atoms with van der Waals surface area (Å²) in [6.45, 7) is 6.01. The van der Waals surface area contributed by atoms with Crippen molar-refractivity contribution in [3.8, 4) is 0 Å². The van der Waals surface area contributed by atoms with Gasteiger partial charge in [0, 0.05) is 0 Å². The van der Waals surface area contributed by atoms with Crippen molar-refractivity contribution >= 4 is 11.8 Å². The fourth-order valence-corrected chi connectivity index (χ4v) is 1.44. The summed E-state index contributed by atoms with van der Waals surface area (Å²) in [6, 6.07) is 0. The Balaban J connectivity index is 2.34. The Hall–Kier alpha value is -1.20. The molecule has 0 aromatic rings. The van der Waals surface area contributed by atoms with E-state index in [1.807, 2.05) is 0 Å². The molecule has 1 fully saturated rings. The maximum absolute atomic E-state index is 11.4. The van der Waals surface area contributed by atoms with Crippen LogP contribution >= 0.6 is 0 Å². The maximum atomic E-state index is 11.4. The van der Waals surface area contributed by atoms with Crippen molar-refractivity contribution in [2.75, 3.05) is 13.2 Å². The highest BCUT2D eigenvalue weighted by atomic mass is 16.7. The molecule has 1 heterocycles. The molecule has 0 bridgehead atoms. The van der Waals surface area contributed by atoms with Gasteiger partial charge in [0.25, 0.3) is 0 Å². The van der Waals surface area contributed by atoms with Crippen molar-refractivity contribution in [1.82, 2.24) is 0 Å². The lowest BCUT2D eigenvalue weighted by Crippen LogP contribution is -2.20. The lowest BCUT2D eigenvalue weighted by molar-refractivity contribution is -0.145. The number of ketones is 1. The van der Waals surface area contributed by atoms with E-state index < -0.39 is 11.8 Å². The standard InChI is InChI=1S/C12H18O5/c1-4-15-11(14)7-9(13)5-6-10-8-16-12(2,3)17-10/h5-6,10H,4,7-8H2,1-3H3/b6-5+/t10-/m0/s1. The minimum atomic E-state index is -0.612. The Morgan fingerprint density at radius 1 is 1.47 bits per heavy atom. The number of rotatable bonds is 5. The van der Waals surface area contributed by atoms with E-state index >= 15 is 0 Å². The Morgan fingerprint density at radius 2 is 2.18 bits per heavy atom. The van der Waals surface area contributed by atoms with Gasteiger partial charge < -0.3 is 14.2 Å². The summed E-state index contributed by atoms with van der Waals surface area (Å²) in [4.78, 5) is 22.4. The number of esters is 1. The van der Waals surface area contributed by atoms with Crippen molar-refractivity contribution in [2.24, 2.45) is 0 Å².